The SMILES string of the molecule is O=C(O)c1cc(F)nc(Cl)c1. The van der Waals surface area contributed by atoms with Gasteiger partial charge in [0.15, 0.2) is 0 Å². The van der Waals surface area contributed by atoms with E-state index in [0.29, 0.717) is 0 Å². The van der Waals surface area contributed by atoms with E-state index in [4.69, 9.17) is 16.7 Å². The van der Waals surface area contributed by atoms with Crippen LogP contribution in [0.2, 0.25) is 5.15 Å². The van der Waals surface area contributed by atoms with E-state index in [-0.39, 0.29) is 10.7 Å². The number of aromatic nitrogens is 1. The second-order valence-corrected chi connectivity index (χ2v) is 2.19. The van der Waals surface area contributed by atoms with E-state index in [2.05, 4.69) is 4.98 Å². The summed E-state index contributed by atoms with van der Waals surface area (Å²) in [5.41, 5.74) is -0.206. The largest absolute Gasteiger partial charge is 0.478 e. The van der Waals surface area contributed by atoms with Crippen LogP contribution in [0, 0.1) is 5.95 Å². The first-order chi connectivity index (χ1) is 5.09. The molecular formula is C6H3ClFNO2. The van der Waals surface area contributed by atoms with Crippen LogP contribution in [0.1, 0.15) is 10.4 Å². The molecule has 0 aliphatic rings. The summed E-state index contributed by atoms with van der Waals surface area (Å²) in [6.45, 7) is 0. The fraction of sp³-hybridized carbons (Fsp3) is 0. The molecule has 0 radical (unpaired) electrons. The minimum atomic E-state index is -1.23. The quantitative estimate of drug-likeness (QED) is 0.660. The van der Waals surface area contributed by atoms with Crippen molar-refractivity contribution in [2.45, 2.75) is 0 Å². The van der Waals surface area contributed by atoms with Crippen LogP contribution in [0.5, 0.6) is 0 Å². The maximum atomic E-state index is 12.3. The van der Waals surface area contributed by atoms with Gasteiger partial charge in [0.25, 0.3) is 0 Å². The molecule has 0 aliphatic heterocycles. The molecule has 5 heteroatoms. The smallest absolute Gasteiger partial charge is 0.335 e. The predicted octanol–water partition coefficient (Wildman–Crippen LogP) is 1.57. The summed E-state index contributed by atoms with van der Waals surface area (Å²) in [4.78, 5) is 13.4. The molecule has 0 spiro atoms. The lowest BCUT2D eigenvalue weighted by molar-refractivity contribution is 0.0696. The number of carboxylic acids is 1. The number of pyridine rings is 1. The molecule has 1 aromatic heterocycles. The van der Waals surface area contributed by atoms with Crippen molar-refractivity contribution in [3.05, 3.63) is 28.8 Å². The standard InChI is InChI=1S/C6H3ClFNO2/c7-4-1-3(6(10)11)2-5(8)9-4/h1-2H,(H,10,11). The second kappa shape index (κ2) is 2.84. The highest BCUT2D eigenvalue weighted by Crippen LogP contribution is 2.09. The summed E-state index contributed by atoms with van der Waals surface area (Å²) < 4.78 is 12.3. The van der Waals surface area contributed by atoms with Crippen LogP contribution < -0.4 is 0 Å². The van der Waals surface area contributed by atoms with Crippen LogP contribution >= 0.6 is 11.6 Å². The normalized spacial score (nSPS) is 9.64. The van der Waals surface area contributed by atoms with Gasteiger partial charge in [-0.3, -0.25) is 0 Å². The van der Waals surface area contributed by atoms with Crippen molar-refractivity contribution in [1.82, 2.24) is 4.98 Å². The molecule has 0 bridgehead atoms. The van der Waals surface area contributed by atoms with Gasteiger partial charge in [0.05, 0.1) is 5.56 Å². The number of carboxylic acid groups (broad SMARTS) is 1. The first-order valence-electron chi connectivity index (χ1n) is 2.66. The van der Waals surface area contributed by atoms with Crippen molar-refractivity contribution in [1.29, 1.82) is 0 Å². The molecule has 1 N–H and O–H groups in total. The Balaban J connectivity index is 3.19. The Morgan fingerprint density at radius 1 is 1.64 bits per heavy atom. The zero-order chi connectivity index (χ0) is 8.43. The zero-order valence-electron chi connectivity index (χ0n) is 5.21. The summed E-state index contributed by atoms with van der Waals surface area (Å²) >= 11 is 5.28. The van der Waals surface area contributed by atoms with Gasteiger partial charge >= 0.3 is 5.97 Å². The summed E-state index contributed by atoms with van der Waals surface area (Å²) in [6, 6.07) is 1.88. The lowest BCUT2D eigenvalue weighted by Gasteiger charge is -1.93. The van der Waals surface area contributed by atoms with Crippen LogP contribution in [0.15, 0.2) is 12.1 Å². The van der Waals surface area contributed by atoms with Gasteiger partial charge < -0.3 is 5.11 Å². The highest BCUT2D eigenvalue weighted by molar-refractivity contribution is 6.29. The minimum Gasteiger partial charge on any atom is -0.478 e. The van der Waals surface area contributed by atoms with Crippen molar-refractivity contribution in [3.63, 3.8) is 0 Å². The summed E-state index contributed by atoms with van der Waals surface area (Å²) in [5, 5.41) is 8.22. The van der Waals surface area contributed by atoms with E-state index >= 15 is 0 Å². The average Bonchev–Trinajstić information content (AvgIpc) is 1.85. The highest BCUT2D eigenvalue weighted by atomic mass is 35.5. The Bertz CT molecular complexity index is 282. The average molecular weight is 176 g/mol. The number of nitrogens with zero attached hydrogens (tertiary/aromatic N) is 1. The minimum absolute atomic E-state index is 0.164. The highest BCUT2D eigenvalue weighted by Gasteiger charge is 2.06. The van der Waals surface area contributed by atoms with Gasteiger partial charge in [0.1, 0.15) is 5.15 Å². The van der Waals surface area contributed by atoms with Gasteiger partial charge in [-0.05, 0) is 6.07 Å². The Kier molecular flexibility index (Phi) is 2.05. The van der Waals surface area contributed by atoms with Crippen molar-refractivity contribution in [3.8, 4) is 0 Å². The van der Waals surface area contributed by atoms with Gasteiger partial charge in [-0.25, -0.2) is 9.78 Å². The molecule has 0 fully saturated rings. The monoisotopic (exact) mass is 175 g/mol. The first kappa shape index (κ1) is 7.94. The Hall–Kier alpha value is -1.16. The molecule has 0 amide bonds. The van der Waals surface area contributed by atoms with Crippen LogP contribution in [-0.2, 0) is 0 Å². The Labute approximate surface area is 66.4 Å². The molecule has 0 saturated heterocycles. The third-order valence-corrected chi connectivity index (χ3v) is 1.20. The van der Waals surface area contributed by atoms with Gasteiger partial charge in [-0.15, -0.1) is 0 Å². The first-order valence-corrected chi connectivity index (χ1v) is 3.04. The van der Waals surface area contributed by atoms with E-state index < -0.39 is 11.9 Å². The Morgan fingerprint density at radius 2 is 2.27 bits per heavy atom. The topological polar surface area (TPSA) is 50.2 Å². The van der Waals surface area contributed by atoms with Crippen LogP contribution in [0.4, 0.5) is 4.39 Å². The van der Waals surface area contributed by atoms with Crippen molar-refractivity contribution < 1.29 is 14.3 Å². The van der Waals surface area contributed by atoms with E-state index in [1.165, 1.54) is 0 Å². The molecule has 11 heavy (non-hydrogen) atoms. The lowest BCUT2D eigenvalue weighted by Crippen LogP contribution is -1.98. The molecule has 0 unspecified atom stereocenters. The summed E-state index contributed by atoms with van der Waals surface area (Å²) in [6.07, 6.45) is 0. The summed E-state index contributed by atoms with van der Waals surface area (Å²) in [7, 11) is 0. The van der Waals surface area contributed by atoms with Crippen LogP contribution in [0.3, 0.4) is 0 Å². The number of carbonyl (C=O) groups is 1. The zero-order valence-corrected chi connectivity index (χ0v) is 5.97. The number of rotatable bonds is 1. The lowest BCUT2D eigenvalue weighted by atomic mass is 10.3. The van der Waals surface area contributed by atoms with E-state index in [1.807, 2.05) is 0 Å². The molecule has 0 saturated carbocycles. The number of halogens is 2. The molecule has 1 aromatic rings. The van der Waals surface area contributed by atoms with E-state index in [9.17, 15) is 9.18 Å². The molecule has 58 valence electrons. The van der Waals surface area contributed by atoms with Crippen molar-refractivity contribution in [2.75, 3.05) is 0 Å². The number of hydrogen-bond donors (Lipinski definition) is 1. The summed E-state index contributed by atoms with van der Waals surface area (Å²) in [5.74, 6) is -2.12. The van der Waals surface area contributed by atoms with Crippen molar-refractivity contribution in [2.24, 2.45) is 0 Å². The number of hydrogen-bond acceptors (Lipinski definition) is 2. The maximum Gasteiger partial charge on any atom is 0.335 e. The molecule has 0 aliphatic carbocycles. The van der Waals surface area contributed by atoms with Crippen LogP contribution in [0.25, 0.3) is 0 Å². The molecule has 0 atom stereocenters. The molecule has 1 heterocycles. The maximum absolute atomic E-state index is 12.3. The van der Waals surface area contributed by atoms with Gasteiger partial charge in [-0.1, -0.05) is 11.6 Å². The predicted molar refractivity (Wildman–Crippen MR) is 36.2 cm³/mol. The van der Waals surface area contributed by atoms with Crippen molar-refractivity contribution >= 4 is 17.6 Å². The third kappa shape index (κ3) is 1.88. The Morgan fingerprint density at radius 3 is 2.73 bits per heavy atom. The van der Waals surface area contributed by atoms with Gasteiger partial charge in [0.2, 0.25) is 5.95 Å². The third-order valence-electron chi connectivity index (χ3n) is 1.01. The molecular weight excluding hydrogens is 173 g/mol. The number of aromatic carboxylic acids is 1. The van der Waals surface area contributed by atoms with Gasteiger partial charge in [0, 0.05) is 6.07 Å². The molecule has 0 aromatic carbocycles. The fourth-order valence-corrected chi connectivity index (χ4v) is 0.787. The second-order valence-electron chi connectivity index (χ2n) is 1.81. The van der Waals surface area contributed by atoms with E-state index in [0.717, 1.165) is 12.1 Å². The fourth-order valence-electron chi connectivity index (χ4n) is 0.588. The van der Waals surface area contributed by atoms with Gasteiger partial charge in [-0.2, -0.15) is 4.39 Å². The molecule has 1 rings (SSSR count). The van der Waals surface area contributed by atoms with E-state index in [1.54, 1.807) is 0 Å². The van der Waals surface area contributed by atoms with Crippen LogP contribution in [-0.4, -0.2) is 16.1 Å². The molecule has 3 nitrogen and oxygen atoms in total.